The Morgan fingerprint density at radius 3 is 2.58 bits per heavy atom. The minimum Gasteiger partial charge on any atom is -0.355 e. The number of piperidine rings is 1. The van der Waals surface area contributed by atoms with Gasteiger partial charge in [-0.25, -0.2) is 0 Å². The molecular weight excluding hydrogens is 436 g/mol. The van der Waals surface area contributed by atoms with Crippen molar-refractivity contribution >= 4 is 23.3 Å². The first-order chi connectivity index (χ1) is 16.0. The van der Waals surface area contributed by atoms with Crippen LogP contribution in [0.15, 0.2) is 71.5 Å². The van der Waals surface area contributed by atoms with Crippen LogP contribution in [0.2, 0.25) is 5.02 Å². The molecule has 1 aromatic heterocycles. The maximum atomic E-state index is 12.8. The van der Waals surface area contributed by atoms with E-state index in [1.54, 1.807) is 30.3 Å². The minimum absolute atomic E-state index is 0.000685. The number of aromatic nitrogens is 2. The Kier molecular flexibility index (Phi) is 7.45. The van der Waals surface area contributed by atoms with E-state index in [9.17, 15) is 9.59 Å². The second-order valence-electron chi connectivity index (χ2n) is 8.62. The van der Waals surface area contributed by atoms with E-state index in [2.05, 4.69) is 34.4 Å². The van der Waals surface area contributed by atoms with E-state index >= 15 is 0 Å². The van der Waals surface area contributed by atoms with E-state index in [1.807, 2.05) is 18.2 Å². The summed E-state index contributed by atoms with van der Waals surface area (Å²) in [6, 6.07) is 20.8. The number of halogens is 1. The number of aryl methyl sites for hydroxylation is 1. The van der Waals surface area contributed by atoms with Crippen LogP contribution < -0.4 is 15.8 Å². The van der Waals surface area contributed by atoms with Crippen LogP contribution in [0.3, 0.4) is 0 Å². The molecule has 7 heteroatoms. The van der Waals surface area contributed by atoms with Gasteiger partial charge in [-0.15, -0.1) is 5.10 Å². The Hall–Kier alpha value is -3.12. The topological polar surface area (TPSA) is 67.2 Å². The van der Waals surface area contributed by atoms with Gasteiger partial charge in [-0.3, -0.25) is 9.59 Å². The summed E-state index contributed by atoms with van der Waals surface area (Å²) < 4.78 is 1.37. The van der Waals surface area contributed by atoms with E-state index in [4.69, 9.17) is 11.6 Å². The highest BCUT2D eigenvalue weighted by molar-refractivity contribution is 6.30. The zero-order chi connectivity index (χ0) is 23.2. The molecule has 0 bridgehead atoms. The fraction of sp³-hybridized carbons (Fsp3) is 0.346. The number of anilines is 1. The van der Waals surface area contributed by atoms with E-state index in [0.29, 0.717) is 10.7 Å². The van der Waals surface area contributed by atoms with Crippen LogP contribution in [0.5, 0.6) is 0 Å². The molecule has 1 atom stereocenters. The van der Waals surface area contributed by atoms with Crippen LogP contribution in [0.1, 0.15) is 31.7 Å². The van der Waals surface area contributed by atoms with Crippen molar-refractivity contribution < 1.29 is 4.79 Å². The maximum Gasteiger partial charge on any atom is 0.271 e. The van der Waals surface area contributed by atoms with Crippen LogP contribution >= 0.6 is 11.6 Å². The van der Waals surface area contributed by atoms with Crippen molar-refractivity contribution in [1.29, 1.82) is 0 Å². The third kappa shape index (κ3) is 6.02. The molecule has 4 rings (SSSR count). The molecule has 0 unspecified atom stereocenters. The number of rotatable bonds is 7. The van der Waals surface area contributed by atoms with Gasteiger partial charge in [0.2, 0.25) is 5.91 Å². The van der Waals surface area contributed by atoms with E-state index in [1.165, 1.54) is 16.3 Å². The molecule has 2 aromatic carbocycles. The lowest BCUT2D eigenvalue weighted by atomic mass is 9.95. The Balaban J connectivity index is 1.32. The number of amides is 1. The number of carbonyl (C=O) groups is 1. The lowest BCUT2D eigenvalue weighted by Crippen LogP contribution is -2.43. The van der Waals surface area contributed by atoms with Crippen molar-refractivity contribution in [2.45, 2.75) is 38.6 Å². The molecule has 1 N–H and O–H groups in total. The third-order valence-electron chi connectivity index (χ3n) is 6.13. The van der Waals surface area contributed by atoms with Gasteiger partial charge in [-0.05, 0) is 62.4 Å². The van der Waals surface area contributed by atoms with Gasteiger partial charge in [0.05, 0.1) is 5.69 Å². The number of benzene rings is 2. The molecule has 0 aliphatic carbocycles. The van der Waals surface area contributed by atoms with Crippen molar-refractivity contribution in [2.75, 3.05) is 18.0 Å². The number of hydrogen-bond acceptors (Lipinski definition) is 4. The molecule has 0 saturated carbocycles. The number of hydrogen-bond donors (Lipinski definition) is 1. The monoisotopic (exact) mass is 464 g/mol. The van der Waals surface area contributed by atoms with Gasteiger partial charge in [0.15, 0.2) is 0 Å². The van der Waals surface area contributed by atoms with Gasteiger partial charge >= 0.3 is 0 Å². The summed E-state index contributed by atoms with van der Waals surface area (Å²) in [6.07, 6.45) is 3.39. The maximum absolute atomic E-state index is 12.8. The van der Waals surface area contributed by atoms with Gasteiger partial charge in [-0.1, -0.05) is 48.0 Å². The fourth-order valence-corrected chi connectivity index (χ4v) is 4.38. The predicted molar refractivity (Wildman–Crippen MR) is 132 cm³/mol. The molecule has 0 spiro atoms. The largest absolute Gasteiger partial charge is 0.355 e. The van der Waals surface area contributed by atoms with Gasteiger partial charge < -0.3 is 10.2 Å². The van der Waals surface area contributed by atoms with Crippen molar-refractivity contribution in [3.8, 4) is 5.69 Å². The summed E-state index contributed by atoms with van der Waals surface area (Å²) in [6.45, 7) is 3.51. The normalized spacial score (nSPS) is 15.3. The quantitative estimate of drug-likeness (QED) is 0.568. The van der Waals surface area contributed by atoms with Crippen molar-refractivity contribution in [3.05, 3.63) is 87.7 Å². The Labute approximate surface area is 199 Å². The third-order valence-corrected chi connectivity index (χ3v) is 6.36. The molecule has 6 nitrogen and oxygen atoms in total. The fourth-order valence-electron chi connectivity index (χ4n) is 4.19. The standard InChI is InChI=1S/C26H29ClN4O2/c1-19(10-11-20-6-3-2-4-7-20)28-26(33)21-14-16-30(17-15-21)24-12-13-25(32)31(29-24)23-9-5-8-22(27)18-23/h2-9,12-13,18-19,21H,10-11,14-17H2,1H3,(H,28,33)/t19-/m1/s1. The van der Waals surface area contributed by atoms with Crippen molar-refractivity contribution in [1.82, 2.24) is 15.1 Å². The highest BCUT2D eigenvalue weighted by Crippen LogP contribution is 2.22. The molecule has 1 saturated heterocycles. The summed E-state index contributed by atoms with van der Waals surface area (Å²) in [4.78, 5) is 27.2. The Bertz CT molecular complexity index is 1140. The average molecular weight is 465 g/mol. The van der Waals surface area contributed by atoms with Crippen LogP contribution in [-0.4, -0.2) is 34.8 Å². The molecule has 2 heterocycles. The van der Waals surface area contributed by atoms with Gasteiger partial charge in [0.1, 0.15) is 5.82 Å². The molecule has 1 aliphatic rings. The van der Waals surface area contributed by atoms with Crippen LogP contribution in [0, 0.1) is 5.92 Å². The molecule has 1 fully saturated rings. The average Bonchev–Trinajstić information content (AvgIpc) is 2.84. The Morgan fingerprint density at radius 2 is 1.85 bits per heavy atom. The zero-order valence-electron chi connectivity index (χ0n) is 18.8. The predicted octanol–water partition coefficient (Wildman–Crippen LogP) is 4.24. The smallest absolute Gasteiger partial charge is 0.271 e. The molecule has 33 heavy (non-hydrogen) atoms. The molecule has 3 aromatic rings. The molecule has 0 radical (unpaired) electrons. The lowest BCUT2D eigenvalue weighted by Gasteiger charge is -2.32. The SMILES string of the molecule is C[C@H](CCc1ccccc1)NC(=O)C1CCN(c2ccc(=O)n(-c3cccc(Cl)c3)n2)CC1. The summed E-state index contributed by atoms with van der Waals surface area (Å²) in [5, 5.41) is 8.29. The first-order valence-corrected chi connectivity index (χ1v) is 11.8. The van der Waals surface area contributed by atoms with E-state index in [0.717, 1.165) is 44.6 Å². The van der Waals surface area contributed by atoms with Gasteiger partial charge in [0.25, 0.3) is 5.56 Å². The van der Waals surface area contributed by atoms with Crippen LogP contribution in [-0.2, 0) is 11.2 Å². The highest BCUT2D eigenvalue weighted by Gasteiger charge is 2.26. The van der Waals surface area contributed by atoms with Crippen LogP contribution in [0.4, 0.5) is 5.82 Å². The summed E-state index contributed by atoms with van der Waals surface area (Å²) in [7, 11) is 0. The zero-order valence-corrected chi connectivity index (χ0v) is 19.5. The second-order valence-corrected chi connectivity index (χ2v) is 9.05. The van der Waals surface area contributed by atoms with Crippen molar-refractivity contribution in [2.24, 2.45) is 5.92 Å². The molecule has 172 valence electrons. The van der Waals surface area contributed by atoms with Crippen molar-refractivity contribution in [3.63, 3.8) is 0 Å². The molecular formula is C26H29ClN4O2. The number of carbonyl (C=O) groups excluding carboxylic acids is 1. The summed E-state index contributed by atoms with van der Waals surface area (Å²) >= 11 is 6.08. The highest BCUT2D eigenvalue weighted by atomic mass is 35.5. The first-order valence-electron chi connectivity index (χ1n) is 11.4. The molecule has 1 aliphatic heterocycles. The minimum atomic E-state index is -0.209. The lowest BCUT2D eigenvalue weighted by molar-refractivity contribution is -0.126. The molecule has 1 amide bonds. The second kappa shape index (κ2) is 10.7. The summed E-state index contributed by atoms with van der Waals surface area (Å²) in [5.74, 6) is 0.857. The van der Waals surface area contributed by atoms with Gasteiger partial charge in [0, 0.05) is 36.1 Å². The summed E-state index contributed by atoms with van der Waals surface area (Å²) in [5.41, 5.74) is 1.71. The number of nitrogens with one attached hydrogen (secondary N) is 1. The van der Waals surface area contributed by atoms with E-state index in [-0.39, 0.29) is 23.4 Å². The van der Waals surface area contributed by atoms with Gasteiger partial charge in [-0.2, -0.15) is 4.68 Å². The van der Waals surface area contributed by atoms with Crippen LogP contribution in [0.25, 0.3) is 5.69 Å². The number of nitrogens with zero attached hydrogens (tertiary/aromatic N) is 3. The van der Waals surface area contributed by atoms with E-state index < -0.39 is 0 Å². The Morgan fingerprint density at radius 1 is 1.09 bits per heavy atom. The first kappa shape index (κ1) is 23.1.